The second kappa shape index (κ2) is 8.24. The van der Waals surface area contributed by atoms with Crippen LogP contribution in [0.25, 0.3) is 0 Å². The number of hydroxylamine groups is 1. The summed E-state index contributed by atoms with van der Waals surface area (Å²) in [7, 11) is -3.47. The first-order valence-corrected chi connectivity index (χ1v) is 7.82. The van der Waals surface area contributed by atoms with Crippen LogP contribution in [-0.2, 0) is 9.19 Å². The molecule has 0 saturated heterocycles. The molecule has 5 heteroatoms. The van der Waals surface area contributed by atoms with Crippen molar-refractivity contribution in [3.63, 3.8) is 0 Å². The predicted molar refractivity (Wildman–Crippen MR) is 67.4 cm³/mol. The highest BCUT2D eigenvalue weighted by molar-refractivity contribution is 7.53. The van der Waals surface area contributed by atoms with Gasteiger partial charge in [-0.25, -0.2) is 4.62 Å². The largest absolute Gasteiger partial charge is 0.346 e. The molecule has 16 heavy (non-hydrogen) atoms. The van der Waals surface area contributed by atoms with Crippen LogP contribution in [0, 0.1) is 5.92 Å². The van der Waals surface area contributed by atoms with Crippen molar-refractivity contribution >= 4 is 7.60 Å². The Morgan fingerprint density at radius 2 is 2.00 bits per heavy atom. The Hall–Kier alpha value is 0.110. The second-order valence-electron chi connectivity index (χ2n) is 4.51. The molecule has 0 aromatic carbocycles. The lowest BCUT2D eigenvalue weighted by molar-refractivity contribution is 0.144. The molecule has 2 atom stereocenters. The first-order valence-electron chi connectivity index (χ1n) is 6.17. The van der Waals surface area contributed by atoms with E-state index in [1.54, 1.807) is 13.8 Å². The average Bonchev–Trinajstić information content (AvgIpc) is 2.22. The van der Waals surface area contributed by atoms with E-state index in [-0.39, 0.29) is 5.66 Å². The lowest BCUT2D eigenvalue weighted by Crippen LogP contribution is -2.23. The molecule has 2 N–H and O–H groups in total. The summed E-state index contributed by atoms with van der Waals surface area (Å²) in [6.07, 6.45) is 4.58. The van der Waals surface area contributed by atoms with Crippen LogP contribution in [-0.4, -0.2) is 17.1 Å². The molecular weight excluding hydrogens is 225 g/mol. The molecule has 0 bridgehead atoms. The van der Waals surface area contributed by atoms with Crippen LogP contribution in [0.5, 0.6) is 0 Å². The van der Waals surface area contributed by atoms with Crippen molar-refractivity contribution in [2.75, 3.05) is 6.54 Å². The molecule has 0 aliphatic carbocycles. The fourth-order valence-electron chi connectivity index (χ4n) is 1.30. The normalized spacial score (nSPS) is 17.4. The minimum absolute atomic E-state index is 0.365. The van der Waals surface area contributed by atoms with Crippen molar-refractivity contribution in [1.82, 2.24) is 5.48 Å². The van der Waals surface area contributed by atoms with E-state index in [2.05, 4.69) is 19.3 Å². The molecule has 0 spiro atoms. The van der Waals surface area contributed by atoms with E-state index in [0.717, 1.165) is 12.8 Å². The van der Waals surface area contributed by atoms with Crippen molar-refractivity contribution in [1.29, 1.82) is 0 Å². The monoisotopic (exact) mass is 251 g/mol. The predicted octanol–water partition coefficient (Wildman–Crippen LogP) is 3.32. The maximum atomic E-state index is 11.5. The number of nitrogens with one attached hydrogen (secondary N) is 1. The Balaban J connectivity index is 3.82. The summed E-state index contributed by atoms with van der Waals surface area (Å²) in [5, 5.41) is 0. The van der Waals surface area contributed by atoms with Gasteiger partial charge in [0.2, 0.25) is 0 Å². The highest BCUT2D eigenvalue weighted by Crippen LogP contribution is 2.45. The van der Waals surface area contributed by atoms with E-state index < -0.39 is 7.60 Å². The van der Waals surface area contributed by atoms with Crippen molar-refractivity contribution in [2.24, 2.45) is 5.92 Å². The number of rotatable bonds is 9. The van der Waals surface area contributed by atoms with Gasteiger partial charge in [-0.2, -0.15) is 5.48 Å². The van der Waals surface area contributed by atoms with Gasteiger partial charge in [-0.3, -0.25) is 4.57 Å². The van der Waals surface area contributed by atoms with E-state index in [0.29, 0.717) is 12.5 Å². The van der Waals surface area contributed by atoms with E-state index in [1.807, 2.05) is 0 Å². The molecular formula is C11H26NO3P. The molecule has 0 aliphatic heterocycles. The van der Waals surface area contributed by atoms with Gasteiger partial charge < -0.3 is 4.89 Å². The zero-order chi connectivity index (χ0) is 12.6. The SMILES string of the molecule is CCCCC(CC)CNOP(=O)(O)C(C)C. The summed E-state index contributed by atoms with van der Waals surface area (Å²) in [5.74, 6) is 0.520. The first-order chi connectivity index (χ1) is 7.44. The van der Waals surface area contributed by atoms with Crippen LogP contribution in [0.1, 0.15) is 53.4 Å². The molecule has 0 amide bonds. The molecule has 98 valence electrons. The number of hydrogen-bond donors (Lipinski definition) is 2. The van der Waals surface area contributed by atoms with Crippen LogP contribution in [0.4, 0.5) is 0 Å². The highest BCUT2D eigenvalue weighted by Gasteiger charge is 2.24. The second-order valence-corrected chi connectivity index (χ2v) is 6.86. The smallest absolute Gasteiger partial charge is 0.323 e. The van der Waals surface area contributed by atoms with E-state index in [4.69, 9.17) is 4.62 Å². The Morgan fingerprint density at radius 3 is 2.44 bits per heavy atom. The molecule has 0 aromatic heterocycles. The summed E-state index contributed by atoms with van der Waals surface area (Å²) in [5.41, 5.74) is 2.29. The van der Waals surface area contributed by atoms with Gasteiger partial charge in [-0.1, -0.05) is 47.0 Å². The molecule has 0 heterocycles. The van der Waals surface area contributed by atoms with Gasteiger partial charge >= 0.3 is 7.60 Å². The molecule has 0 aromatic rings. The lowest BCUT2D eigenvalue weighted by atomic mass is 10.00. The number of hydrogen-bond acceptors (Lipinski definition) is 3. The Labute approximate surface area is 99.3 Å². The van der Waals surface area contributed by atoms with Crippen LogP contribution in [0.3, 0.4) is 0 Å². The maximum absolute atomic E-state index is 11.5. The van der Waals surface area contributed by atoms with Crippen LogP contribution >= 0.6 is 7.60 Å². The average molecular weight is 251 g/mol. The third kappa shape index (κ3) is 6.64. The Morgan fingerprint density at radius 1 is 1.38 bits per heavy atom. The van der Waals surface area contributed by atoms with Gasteiger partial charge in [0.25, 0.3) is 0 Å². The third-order valence-electron chi connectivity index (χ3n) is 2.76. The number of unbranched alkanes of at least 4 members (excludes halogenated alkanes) is 1. The first kappa shape index (κ1) is 16.1. The Bertz CT molecular complexity index is 221. The van der Waals surface area contributed by atoms with Gasteiger partial charge in [0.15, 0.2) is 0 Å². The van der Waals surface area contributed by atoms with Crippen molar-refractivity contribution in [2.45, 2.75) is 59.0 Å². The molecule has 0 fully saturated rings. The molecule has 0 radical (unpaired) electrons. The van der Waals surface area contributed by atoms with Crippen LogP contribution < -0.4 is 5.48 Å². The third-order valence-corrected chi connectivity index (χ3v) is 4.46. The van der Waals surface area contributed by atoms with Crippen molar-refractivity contribution in [3.8, 4) is 0 Å². The van der Waals surface area contributed by atoms with Crippen molar-refractivity contribution < 1.29 is 14.1 Å². The molecule has 0 aliphatic rings. The van der Waals surface area contributed by atoms with E-state index in [1.165, 1.54) is 12.8 Å². The highest BCUT2D eigenvalue weighted by atomic mass is 31.2. The molecule has 4 nitrogen and oxygen atoms in total. The van der Waals surface area contributed by atoms with Gasteiger partial charge in [0.1, 0.15) is 0 Å². The van der Waals surface area contributed by atoms with E-state index >= 15 is 0 Å². The summed E-state index contributed by atoms with van der Waals surface area (Å²) in [6, 6.07) is 0. The fraction of sp³-hybridized carbons (Fsp3) is 1.00. The van der Waals surface area contributed by atoms with E-state index in [9.17, 15) is 9.46 Å². The zero-order valence-electron chi connectivity index (χ0n) is 10.9. The van der Waals surface area contributed by atoms with Crippen molar-refractivity contribution in [3.05, 3.63) is 0 Å². The summed E-state index contributed by atoms with van der Waals surface area (Å²) in [4.78, 5) is 9.42. The summed E-state index contributed by atoms with van der Waals surface area (Å²) >= 11 is 0. The topological polar surface area (TPSA) is 58.6 Å². The van der Waals surface area contributed by atoms with Gasteiger partial charge in [-0.15, -0.1) is 0 Å². The minimum Gasteiger partial charge on any atom is -0.323 e. The minimum atomic E-state index is -3.47. The summed E-state index contributed by atoms with van der Waals surface area (Å²) < 4.78 is 16.3. The van der Waals surface area contributed by atoms with Gasteiger partial charge in [0.05, 0.1) is 5.66 Å². The van der Waals surface area contributed by atoms with Crippen LogP contribution in [0.2, 0.25) is 0 Å². The quantitative estimate of drug-likeness (QED) is 0.487. The molecule has 2 unspecified atom stereocenters. The maximum Gasteiger partial charge on any atom is 0.346 e. The van der Waals surface area contributed by atoms with Gasteiger partial charge in [-0.05, 0) is 12.3 Å². The standard InChI is InChI=1S/C11H26NO3P/c1-5-7-8-11(6-2)9-12-15-16(13,14)10(3)4/h10-12H,5-9H2,1-4H3,(H,13,14). The van der Waals surface area contributed by atoms with Gasteiger partial charge in [0, 0.05) is 6.54 Å². The summed E-state index contributed by atoms with van der Waals surface area (Å²) in [6.45, 7) is 8.29. The van der Waals surface area contributed by atoms with Crippen LogP contribution in [0.15, 0.2) is 0 Å². The molecule has 0 rings (SSSR count). The Kier molecular flexibility index (Phi) is 8.29. The lowest BCUT2D eigenvalue weighted by Gasteiger charge is -2.19. The molecule has 0 saturated carbocycles. The fourth-order valence-corrected chi connectivity index (χ4v) is 1.77. The zero-order valence-corrected chi connectivity index (χ0v) is 11.8.